The first kappa shape index (κ1) is 17.4. The number of hydrogen-bond donors (Lipinski definition) is 3. The van der Waals surface area contributed by atoms with Crippen LogP contribution in [0.5, 0.6) is 0 Å². The van der Waals surface area contributed by atoms with Gasteiger partial charge in [0.25, 0.3) is 0 Å². The van der Waals surface area contributed by atoms with Crippen molar-refractivity contribution in [1.82, 2.24) is 10.6 Å². The van der Waals surface area contributed by atoms with Crippen molar-refractivity contribution in [3.63, 3.8) is 0 Å². The third kappa shape index (κ3) is 9.39. The second-order valence-electron chi connectivity index (χ2n) is 4.72. The quantitative estimate of drug-likeness (QED) is 0.507. The monoisotopic (exact) mass is 260 g/mol. The van der Waals surface area contributed by atoms with Crippen LogP contribution in [-0.4, -0.2) is 50.5 Å². The molecule has 1 amide bonds. The topological polar surface area (TPSA) is 70.6 Å². The molecule has 0 aliphatic carbocycles. The van der Waals surface area contributed by atoms with Crippen LogP contribution in [-0.2, 0) is 9.53 Å². The Morgan fingerprint density at radius 1 is 1.39 bits per heavy atom. The first-order chi connectivity index (χ1) is 8.63. The van der Waals surface area contributed by atoms with Crippen molar-refractivity contribution in [2.45, 2.75) is 39.2 Å². The Morgan fingerprint density at radius 2 is 2.11 bits per heavy atom. The van der Waals surface area contributed by atoms with Gasteiger partial charge in [0.05, 0.1) is 13.2 Å². The van der Waals surface area contributed by atoms with Crippen molar-refractivity contribution in [3.05, 3.63) is 0 Å². The number of amides is 1. The van der Waals surface area contributed by atoms with Crippen LogP contribution in [0.3, 0.4) is 0 Å². The van der Waals surface area contributed by atoms with Crippen LogP contribution in [0.15, 0.2) is 0 Å². The molecule has 0 spiro atoms. The van der Waals surface area contributed by atoms with E-state index < -0.39 is 0 Å². The summed E-state index contributed by atoms with van der Waals surface area (Å²) < 4.78 is 4.95. The molecule has 5 nitrogen and oxygen atoms in total. The van der Waals surface area contributed by atoms with Crippen LogP contribution in [0.4, 0.5) is 0 Å². The Labute approximate surface area is 110 Å². The molecule has 0 fully saturated rings. The van der Waals surface area contributed by atoms with E-state index in [-0.39, 0.29) is 18.6 Å². The fourth-order valence-corrected chi connectivity index (χ4v) is 1.95. The maximum absolute atomic E-state index is 11.5. The van der Waals surface area contributed by atoms with Gasteiger partial charge in [-0.25, -0.2) is 0 Å². The number of nitrogens with one attached hydrogen (secondary N) is 2. The lowest BCUT2D eigenvalue weighted by molar-refractivity contribution is -0.121. The lowest BCUT2D eigenvalue weighted by atomic mass is 10.0. The van der Waals surface area contributed by atoms with E-state index in [0.717, 1.165) is 25.8 Å². The van der Waals surface area contributed by atoms with Crippen molar-refractivity contribution in [2.24, 2.45) is 5.92 Å². The molecule has 0 aliphatic heterocycles. The van der Waals surface area contributed by atoms with Gasteiger partial charge >= 0.3 is 0 Å². The zero-order valence-corrected chi connectivity index (χ0v) is 11.9. The second kappa shape index (κ2) is 11.4. The SMILES string of the molecule is CCCC(CCO)CNCC(=O)NC(C)COC. The number of aliphatic hydroxyl groups is 1. The van der Waals surface area contributed by atoms with Crippen LogP contribution >= 0.6 is 0 Å². The lowest BCUT2D eigenvalue weighted by Gasteiger charge is -2.17. The molecule has 0 rings (SSSR count). The smallest absolute Gasteiger partial charge is 0.234 e. The zero-order chi connectivity index (χ0) is 13.8. The molecule has 0 bridgehead atoms. The molecular formula is C13H28N2O3. The molecule has 0 aliphatic rings. The second-order valence-corrected chi connectivity index (χ2v) is 4.72. The number of methoxy groups -OCH3 is 1. The fourth-order valence-electron chi connectivity index (χ4n) is 1.95. The Kier molecular flexibility index (Phi) is 11.0. The summed E-state index contributed by atoms with van der Waals surface area (Å²) in [4.78, 5) is 11.5. The average molecular weight is 260 g/mol. The van der Waals surface area contributed by atoms with Crippen LogP contribution in [0, 0.1) is 5.92 Å². The molecule has 0 aromatic carbocycles. The van der Waals surface area contributed by atoms with E-state index in [9.17, 15) is 4.79 Å². The molecule has 0 heterocycles. The van der Waals surface area contributed by atoms with E-state index in [4.69, 9.17) is 9.84 Å². The Balaban J connectivity index is 3.70. The van der Waals surface area contributed by atoms with Gasteiger partial charge in [-0.15, -0.1) is 0 Å². The van der Waals surface area contributed by atoms with Gasteiger partial charge in [0.15, 0.2) is 0 Å². The van der Waals surface area contributed by atoms with Crippen molar-refractivity contribution >= 4 is 5.91 Å². The van der Waals surface area contributed by atoms with E-state index in [2.05, 4.69) is 17.6 Å². The molecule has 2 unspecified atom stereocenters. The van der Waals surface area contributed by atoms with Gasteiger partial charge in [-0.1, -0.05) is 13.3 Å². The average Bonchev–Trinajstić information content (AvgIpc) is 2.29. The summed E-state index contributed by atoms with van der Waals surface area (Å²) in [6, 6.07) is 0.0354. The van der Waals surface area contributed by atoms with Crippen LogP contribution in [0.2, 0.25) is 0 Å². The summed E-state index contributed by atoms with van der Waals surface area (Å²) in [6.07, 6.45) is 2.97. The molecule has 2 atom stereocenters. The third-order valence-electron chi connectivity index (χ3n) is 2.78. The predicted molar refractivity (Wildman–Crippen MR) is 72.5 cm³/mol. The molecule has 108 valence electrons. The van der Waals surface area contributed by atoms with Crippen LogP contribution < -0.4 is 10.6 Å². The summed E-state index contributed by atoms with van der Waals surface area (Å²) in [7, 11) is 1.62. The Hall–Kier alpha value is -0.650. The maximum Gasteiger partial charge on any atom is 0.234 e. The van der Waals surface area contributed by atoms with Crippen molar-refractivity contribution < 1.29 is 14.6 Å². The molecule has 0 saturated carbocycles. The first-order valence-corrected chi connectivity index (χ1v) is 6.73. The van der Waals surface area contributed by atoms with Gasteiger partial charge in [-0.2, -0.15) is 0 Å². The van der Waals surface area contributed by atoms with Crippen molar-refractivity contribution in [3.8, 4) is 0 Å². The largest absolute Gasteiger partial charge is 0.396 e. The van der Waals surface area contributed by atoms with Crippen LogP contribution in [0.25, 0.3) is 0 Å². The van der Waals surface area contributed by atoms with Gasteiger partial charge in [0.2, 0.25) is 5.91 Å². The number of hydrogen-bond acceptors (Lipinski definition) is 4. The summed E-state index contributed by atoms with van der Waals surface area (Å²) in [5, 5.41) is 14.9. The zero-order valence-electron chi connectivity index (χ0n) is 11.9. The standard InChI is InChI=1S/C13H28N2O3/c1-4-5-12(6-7-16)8-14-9-13(17)15-11(2)10-18-3/h11-12,14,16H,4-10H2,1-3H3,(H,15,17). The first-order valence-electron chi connectivity index (χ1n) is 6.73. The molecule has 0 radical (unpaired) electrons. The van der Waals surface area contributed by atoms with Gasteiger partial charge < -0.3 is 20.5 Å². The minimum absolute atomic E-state index is 0.0150. The molecular weight excluding hydrogens is 232 g/mol. The summed E-state index contributed by atoms with van der Waals surface area (Å²) in [5.41, 5.74) is 0. The van der Waals surface area contributed by atoms with Gasteiger partial charge in [-0.3, -0.25) is 4.79 Å². The summed E-state index contributed by atoms with van der Waals surface area (Å²) in [6.45, 7) is 5.87. The number of carbonyl (C=O) groups is 1. The summed E-state index contributed by atoms with van der Waals surface area (Å²) >= 11 is 0. The maximum atomic E-state index is 11.5. The third-order valence-corrected chi connectivity index (χ3v) is 2.78. The van der Waals surface area contributed by atoms with Gasteiger partial charge in [-0.05, 0) is 32.2 Å². The fraction of sp³-hybridized carbons (Fsp3) is 0.923. The normalized spacial score (nSPS) is 14.2. The molecule has 0 saturated heterocycles. The Bertz CT molecular complexity index is 206. The molecule has 3 N–H and O–H groups in total. The highest BCUT2D eigenvalue weighted by molar-refractivity contribution is 5.78. The number of carbonyl (C=O) groups excluding carboxylic acids is 1. The van der Waals surface area contributed by atoms with E-state index in [1.807, 2.05) is 6.92 Å². The Morgan fingerprint density at radius 3 is 2.67 bits per heavy atom. The van der Waals surface area contributed by atoms with Crippen molar-refractivity contribution in [1.29, 1.82) is 0 Å². The number of ether oxygens (including phenoxy) is 1. The lowest BCUT2D eigenvalue weighted by Crippen LogP contribution is -2.41. The number of aliphatic hydroxyl groups excluding tert-OH is 1. The highest BCUT2D eigenvalue weighted by Gasteiger charge is 2.09. The predicted octanol–water partition coefficient (Wildman–Crippen LogP) is 0.526. The molecule has 18 heavy (non-hydrogen) atoms. The summed E-state index contributed by atoms with van der Waals surface area (Å²) in [5.74, 6) is 0.433. The minimum Gasteiger partial charge on any atom is -0.396 e. The highest BCUT2D eigenvalue weighted by Crippen LogP contribution is 2.08. The number of rotatable bonds is 11. The van der Waals surface area contributed by atoms with E-state index in [1.54, 1.807) is 7.11 Å². The highest BCUT2D eigenvalue weighted by atomic mass is 16.5. The van der Waals surface area contributed by atoms with Gasteiger partial charge in [0.1, 0.15) is 0 Å². The molecule has 5 heteroatoms. The van der Waals surface area contributed by atoms with Crippen LogP contribution in [0.1, 0.15) is 33.1 Å². The minimum atomic E-state index is -0.0150. The van der Waals surface area contributed by atoms with Crippen molar-refractivity contribution in [2.75, 3.05) is 33.4 Å². The molecule has 0 aromatic rings. The van der Waals surface area contributed by atoms with E-state index >= 15 is 0 Å². The van der Waals surface area contributed by atoms with E-state index in [0.29, 0.717) is 19.1 Å². The van der Waals surface area contributed by atoms with E-state index in [1.165, 1.54) is 0 Å². The van der Waals surface area contributed by atoms with Gasteiger partial charge in [0, 0.05) is 19.8 Å². The molecule has 0 aromatic heterocycles.